The molecule has 0 aliphatic carbocycles. The number of aliphatic imine (C=N–C) groups is 1. The van der Waals surface area contributed by atoms with Crippen LogP contribution in [-0.2, 0) is 0 Å². The first kappa shape index (κ1) is 11.2. The molecule has 0 aromatic heterocycles. The van der Waals surface area contributed by atoms with Gasteiger partial charge in [-0.2, -0.15) is 5.26 Å². The van der Waals surface area contributed by atoms with Gasteiger partial charge in [-0.3, -0.25) is 5.32 Å². The van der Waals surface area contributed by atoms with Crippen LogP contribution in [0.4, 0.5) is 0 Å². The molecule has 0 spiro atoms. The van der Waals surface area contributed by atoms with Gasteiger partial charge in [-0.05, 0) is 19.4 Å². The molecule has 0 aliphatic heterocycles. The Labute approximate surface area is 78.5 Å². The highest BCUT2D eigenvalue weighted by Gasteiger charge is 1.87. The number of nitriles is 1. The van der Waals surface area contributed by atoms with Gasteiger partial charge < -0.3 is 5.73 Å². The van der Waals surface area contributed by atoms with Crippen LogP contribution in [0.3, 0.4) is 0 Å². The summed E-state index contributed by atoms with van der Waals surface area (Å²) in [6.07, 6.45) is 7.84. The van der Waals surface area contributed by atoms with Crippen molar-refractivity contribution in [3.05, 3.63) is 24.0 Å². The van der Waals surface area contributed by atoms with Gasteiger partial charge in [-0.1, -0.05) is 13.0 Å². The van der Waals surface area contributed by atoms with Crippen molar-refractivity contribution < 1.29 is 0 Å². The van der Waals surface area contributed by atoms with E-state index >= 15 is 0 Å². The highest BCUT2D eigenvalue weighted by molar-refractivity contribution is 5.94. The van der Waals surface area contributed by atoms with Crippen LogP contribution in [0.5, 0.6) is 0 Å². The molecule has 3 N–H and O–H groups in total. The van der Waals surface area contributed by atoms with Gasteiger partial charge >= 0.3 is 0 Å². The van der Waals surface area contributed by atoms with Gasteiger partial charge in [0.2, 0.25) is 0 Å². The van der Waals surface area contributed by atoms with Gasteiger partial charge in [0.25, 0.3) is 0 Å². The van der Waals surface area contributed by atoms with E-state index in [-0.39, 0.29) is 0 Å². The van der Waals surface area contributed by atoms with E-state index < -0.39 is 0 Å². The van der Waals surface area contributed by atoms with Crippen molar-refractivity contribution in [2.75, 3.05) is 0 Å². The molecular weight excluding hydrogens is 164 g/mol. The maximum absolute atomic E-state index is 8.37. The molecule has 0 fully saturated rings. The number of hydrogen-bond donors (Lipinski definition) is 2. The highest BCUT2D eigenvalue weighted by Crippen LogP contribution is 1.86. The number of rotatable bonds is 3. The predicted octanol–water partition coefficient (Wildman–Crippen LogP) is 1.24. The van der Waals surface area contributed by atoms with E-state index in [4.69, 9.17) is 11.0 Å². The lowest BCUT2D eigenvalue weighted by Gasteiger charge is -1.94. The minimum atomic E-state index is 0.495. The number of hydrogen-bond acceptors (Lipinski definition) is 3. The van der Waals surface area contributed by atoms with E-state index in [1.54, 1.807) is 19.2 Å². The molecule has 0 bridgehead atoms. The van der Waals surface area contributed by atoms with Gasteiger partial charge in [0.1, 0.15) is 5.84 Å². The summed E-state index contributed by atoms with van der Waals surface area (Å²) in [7, 11) is 0. The molecule has 0 heterocycles. The molecule has 70 valence electrons. The van der Waals surface area contributed by atoms with Crippen molar-refractivity contribution in [3.8, 4) is 6.19 Å². The molecular formula is C9H14N4. The maximum Gasteiger partial charge on any atom is 0.182 e. The Kier molecular flexibility index (Phi) is 5.98. The van der Waals surface area contributed by atoms with Gasteiger partial charge in [0, 0.05) is 11.9 Å². The van der Waals surface area contributed by atoms with Crippen LogP contribution in [0.2, 0.25) is 0 Å². The lowest BCUT2D eigenvalue weighted by Crippen LogP contribution is -2.14. The molecule has 4 heteroatoms. The molecule has 0 aliphatic rings. The van der Waals surface area contributed by atoms with Gasteiger partial charge in [-0.25, -0.2) is 4.99 Å². The van der Waals surface area contributed by atoms with Crippen LogP contribution in [-0.4, -0.2) is 5.84 Å². The molecule has 0 rings (SSSR count). The fraction of sp³-hybridized carbons (Fsp3) is 0.333. The number of nitrogens with zero attached hydrogens (tertiary/aromatic N) is 2. The monoisotopic (exact) mass is 178 g/mol. The average Bonchev–Trinajstić information content (AvgIpc) is 2.09. The Morgan fingerprint density at radius 3 is 2.85 bits per heavy atom. The average molecular weight is 178 g/mol. The Morgan fingerprint density at radius 2 is 2.38 bits per heavy atom. The Balaban J connectivity index is 4.42. The van der Waals surface area contributed by atoms with Gasteiger partial charge in [0.05, 0.1) is 0 Å². The van der Waals surface area contributed by atoms with E-state index in [0.717, 1.165) is 6.42 Å². The Hall–Kier alpha value is -1.76. The summed E-state index contributed by atoms with van der Waals surface area (Å²) in [5.74, 6) is 0.495. The Morgan fingerprint density at radius 1 is 1.69 bits per heavy atom. The predicted molar refractivity (Wildman–Crippen MR) is 53.6 cm³/mol. The molecule has 0 atom stereocenters. The van der Waals surface area contributed by atoms with E-state index in [1.807, 2.05) is 13.0 Å². The molecule has 0 radical (unpaired) electrons. The molecule has 0 saturated heterocycles. The lowest BCUT2D eigenvalue weighted by molar-refractivity contribution is 1.20. The third-order valence-electron chi connectivity index (χ3n) is 1.10. The van der Waals surface area contributed by atoms with Gasteiger partial charge in [0.15, 0.2) is 6.19 Å². The maximum atomic E-state index is 8.37. The summed E-state index contributed by atoms with van der Waals surface area (Å²) >= 11 is 0. The van der Waals surface area contributed by atoms with Crippen LogP contribution < -0.4 is 11.1 Å². The van der Waals surface area contributed by atoms with E-state index in [0.29, 0.717) is 11.5 Å². The van der Waals surface area contributed by atoms with Crippen molar-refractivity contribution in [2.24, 2.45) is 10.7 Å². The summed E-state index contributed by atoms with van der Waals surface area (Å²) in [5, 5.41) is 10.8. The van der Waals surface area contributed by atoms with Crippen molar-refractivity contribution in [3.63, 3.8) is 0 Å². The van der Waals surface area contributed by atoms with Crippen LogP contribution in [0.15, 0.2) is 29.0 Å². The zero-order valence-corrected chi connectivity index (χ0v) is 7.91. The minimum Gasteiger partial charge on any atom is -0.401 e. The number of allylic oxidation sites excluding steroid dienone is 2. The molecule has 0 saturated carbocycles. The van der Waals surface area contributed by atoms with Crippen molar-refractivity contribution in [1.82, 2.24) is 5.32 Å². The van der Waals surface area contributed by atoms with Crippen LogP contribution in [0.25, 0.3) is 0 Å². The normalized spacial score (nSPS) is 13.0. The zero-order chi connectivity index (χ0) is 10.1. The fourth-order valence-corrected chi connectivity index (χ4v) is 0.575. The minimum absolute atomic E-state index is 0.495. The van der Waals surface area contributed by atoms with E-state index in [2.05, 4.69) is 10.3 Å². The van der Waals surface area contributed by atoms with Crippen molar-refractivity contribution in [2.45, 2.75) is 20.3 Å². The quantitative estimate of drug-likeness (QED) is 0.295. The molecule has 13 heavy (non-hydrogen) atoms. The third-order valence-corrected chi connectivity index (χ3v) is 1.10. The van der Waals surface area contributed by atoms with Crippen molar-refractivity contribution in [1.29, 1.82) is 5.26 Å². The first-order valence-corrected chi connectivity index (χ1v) is 4.02. The Bertz CT molecular complexity index is 264. The van der Waals surface area contributed by atoms with E-state index in [9.17, 15) is 0 Å². The van der Waals surface area contributed by atoms with Crippen molar-refractivity contribution >= 4 is 5.84 Å². The zero-order valence-electron chi connectivity index (χ0n) is 7.91. The van der Waals surface area contributed by atoms with Gasteiger partial charge in [-0.15, -0.1) is 0 Å². The number of amidine groups is 1. The van der Waals surface area contributed by atoms with Crippen LogP contribution in [0.1, 0.15) is 20.3 Å². The van der Waals surface area contributed by atoms with Crippen LogP contribution >= 0.6 is 0 Å². The standard InChI is InChI=1S/C9H14N4/c1-3-4-5-9(13-7-10)12-6-8(2)11/h4-6H,3,11H2,1-2H3,(H,12,13)/b5-4-,8-6-. The molecule has 0 amide bonds. The fourth-order valence-electron chi connectivity index (χ4n) is 0.575. The highest BCUT2D eigenvalue weighted by atomic mass is 15.0. The van der Waals surface area contributed by atoms with E-state index in [1.165, 1.54) is 6.20 Å². The second-order valence-electron chi connectivity index (χ2n) is 2.43. The molecule has 0 aromatic carbocycles. The SMILES string of the molecule is CC\C=C/C(=N\C=C(\C)N)NC#N. The summed E-state index contributed by atoms with van der Waals surface area (Å²) in [4.78, 5) is 3.96. The first-order valence-electron chi connectivity index (χ1n) is 4.02. The second kappa shape index (κ2) is 6.92. The van der Waals surface area contributed by atoms with Crippen LogP contribution in [0, 0.1) is 11.5 Å². The largest absolute Gasteiger partial charge is 0.401 e. The summed E-state index contributed by atoms with van der Waals surface area (Å²) in [6, 6.07) is 0. The number of nitrogens with one attached hydrogen (secondary N) is 1. The summed E-state index contributed by atoms with van der Waals surface area (Å²) in [5.41, 5.74) is 5.98. The topological polar surface area (TPSA) is 74.2 Å². The molecule has 0 unspecified atom stereocenters. The third kappa shape index (κ3) is 6.63. The molecule has 0 aromatic rings. The summed E-state index contributed by atoms with van der Waals surface area (Å²) in [6.45, 7) is 3.74. The second-order valence-corrected chi connectivity index (χ2v) is 2.43. The first-order chi connectivity index (χ1) is 6.20. The number of nitrogens with two attached hydrogens (primary N) is 1. The molecule has 4 nitrogen and oxygen atoms in total. The lowest BCUT2D eigenvalue weighted by atomic mass is 10.4. The smallest absolute Gasteiger partial charge is 0.182 e. The summed E-state index contributed by atoms with van der Waals surface area (Å²) < 4.78 is 0.